The first kappa shape index (κ1) is 88.1. The molecule has 0 aromatic heterocycles. The Bertz CT molecular complexity index is 1740. The largest absolute Gasteiger partial charge is 0.472 e. The monoisotopic (exact) mass is 1320 g/mol. The molecule has 0 saturated carbocycles. The highest BCUT2D eigenvalue weighted by atomic mass is 31.2. The molecule has 17 nitrogen and oxygen atoms in total. The van der Waals surface area contributed by atoms with Crippen LogP contribution in [0.25, 0.3) is 0 Å². The molecule has 3 N–H and O–H groups in total. The number of carbonyl (C=O) groups is 4. The van der Waals surface area contributed by atoms with Crippen LogP contribution in [0.5, 0.6) is 0 Å². The second-order valence-corrected chi connectivity index (χ2v) is 29.0. The molecule has 0 spiro atoms. The summed E-state index contributed by atoms with van der Waals surface area (Å²) >= 11 is 0. The van der Waals surface area contributed by atoms with Gasteiger partial charge in [0.25, 0.3) is 0 Å². The molecule has 0 amide bonds. The molecule has 5 atom stereocenters. The third-order valence-electron chi connectivity index (χ3n) is 16.5. The number of phosphoric ester groups is 2. The van der Waals surface area contributed by atoms with E-state index in [1.807, 2.05) is 0 Å². The van der Waals surface area contributed by atoms with E-state index in [1.54, 1.807) is 0 Å². The summed E-state index contributed by atoms with van der Waals surface area (Å²) in [7, 11) is -9.89. The molecule has 0 radical (unpaired) electrons. The van der Waals surface area contributed by atoms with Gasteiger partial charge in [-0.25, -0.2) is 9.13 Å². The standard InChI is InChI=1S/C71H138O17P2/c1-6-9-12-15-17-19-21-22-23-27-30-33-37-40-45-50-55-69(74)82-61-67(88-71(76)57-52-47-42-38-34-31-28-25-24-26-29-32-35-39-44-48-53-64(4)5)63-86-90(79,80)84-59-65(72)58-83-89(77,78)85-62-66(60-81-68(73)54-49-43-14-11-8-3)87-70(75)56-51-46-41-36-20-18-16-13-10-7-2/h64-67,72H,6-63H2,1-5H3,(H,77,78)(H,79,80)/t65-,66+,67+/m0/s1. The summed E-state index contributed by atoms with van der Waals surface area (Å²) in [4.78, 5) is 72.3. The van der Waals surface area contributed by atoms with Crippen LogP contribution in [0.4, 0.5) is 0 Å². The molecule has 19 heteroatoms. The van der Waals surface area contributed by atoms with Crippen molar-refractivity contribution >= 4 is 39.5 Å². The average molecular weight is 1330 g/mol. The third kappa shape index (κ3) is 64.8. The summed E-state index contributed by atoms with van der Waals surface area (Å²) in [5.41, 5.74) is 0. The zero-order valence-corrected chi connectivity index (χ0v) is 60.1. The molecule has 0 rings (SSSR count). The van der Waals surface area contributed by atoms with Gasteiger partial charge in [0.15, 0.2) is 12.2 Å². The summed E-state index contributed by atoms with van der Waals surface area (Å²) in [6.07, 6.45) is 51.8. The van der Waals surface area contributed by atoms with Gasteiger partial charge in [-0.3, -0.25) is 37.3 Å². The number of aliphatic hydroxyl groups excluding tert-OH is 1. The topological polar surface area (TPSA) is 237 Å². The zero-order valence-electron chi connectivity index (χ0n) is 58.3. The van der Waals surface area contributed by atoms with Crippen molar-refractivity contribution in [1.82, 2.24) is 0 Å². The number of ether oxygens (including phenoxy) is 4. The third-order valence-corrected chi connectivity index (χ3v) is 18.4. The van der Waals surface area contributed by atoms with Gasteiger partial charge in [-0.05, 0) is 31.6 Å². The second kappa shape index (κ2) is 64.4. The molecule has 0 aromatic carbocycles. The Morgan fingerprint density at radius 3 is 0.756 bits per heavy atom. The average Bonchev–Trinajstić information content (AvgIpc) is 3.70. The first-order valence-electron chi connectivity index (χ1n) is 37.1. The van der Waals surface area contributed by atoms with Gasteiger partial charge in [-0.1, -0.05) is 317 Å². The Hall–Kier alpha value is -1.94. The van der Waals surface area contributed by atoms with Crippen molar-refractivity contribution in [3.8, 4) is 0 Å². The maximum absolute atomic E-state index is 13.0. The van der Waals surface area contributed by atoms with E-state index in [4.69, 9.17) is 37.0 Å². The normalized spacial score (nSPS) is 14.1. The smallest absolute Gasteiger partial charge is 0.462 e. The maximum Gasteiger partial charge on any atom is 0.472 e. The van der Waals surface area contributed by atoms with E-state index in [2.05, 4.69) is 34.6 Å². The lowest BCUT2D eigenvalue weighted by Gasteiger charge is -2.21. The van der Waals surface area contributed by atoms with Crippen molar-refractivity contribution in [3.63, 3.8) is 0 Å². The SMILES string of the molecule is CCCCCCCCCCCCCCCCCCC(=O)OC[C@H](COP(=O)(O)OC[C@@H](O)COP(=O)(O)OC[C@@H](COC(=O)CCCCCCC)OC(=O)CCCCCCCCCCCC)OC(=O)CCCCCCCCCCCCCCCCCCC(C)C. The Labute approximate surface area is 549 Å². The van der Waals surface area contributed by atoms with Gasteiger partial charge in [0.05, 0.1) is 26.4 Å². The lowest BCUT2D eigenvalue weighted by atomic mass is 10.0. The number of esters is 4. The molecule has 0 saturated heterocycles. The molecular formula is C71H138O17P2. The van der Waals surface area contributed by atoms with Crippen molar-refractivity contribution in [1.29, 1.82) is 0 Å². The minimum absolute atomic E-state index is 0.106. The minimum atomic E-state index is -4.95. The summed E-state index contributed by atoms with van der Waals surface area (Å²) in [6, 6.07) is 0. The molecular weight excluding hydrogens is 1190 g/mol. The van der Waals surface area contributed by atoms with Crippen LogP contribution in [0.3, 0.4) is 0 Å². The fourth-order valence-electron chi connectivity index (χ4n) is 10.8. The van der Waals surface area contributed by atoms with Crippen LogP contribution in [0.1, 0.15) is 369 Å². The van der Waals surface area contributed by atoms with Crippen molar-refractivity contribution in [2.24, 2.45) is 5.92 Å². The summed E-state index contributed by atoms with van der Waals surface area (Å²) in [5, 5.41) is 10.6. The number of phosphoric acid groups is 2. The Morgan fingerprint density at radius 2 is 0.511 bits per heavy atom. The first-order valence-corrected chi connectivity index (χ1v) is 40.1. The number of carbonyl (C=O) groups excluding carboxylic acids is 4. The van der Waals surface area contributed by atoms with Crippen LogP contribution >= 0.6 is 15.6 Å². The molecule has 2 unspecified atom stereocenters. The van der Waals surface area contributed by atoms with Gasteiger partial charge < -0.3 is 33.8 Å². The van der Waals surface area contributed by atoms with Crippen molar-refractivity contribution in [2.75, 3.05) is 39.6 Å². The van der Waals surface area contributed by atoms with E-state index in [0.29, 0.717) is 25.7 Å². The lowest BCUT2D eigenvalue weighted by Crippen LogP contribution is -2.30. The Balaban J connectivity index is 5.13. The van der Waals surface area contributed by atoms with E-state index in [1.165, 1.54) is 186 Å². The Morgan fingerprint density at radius 1 is 0.300 bits per heavy atom. The summed E-state index contributed by atoms with van der Waals surface area (Å²) < 4.78 is 68.1. The number of aliphatic hydroxyl groups is 1. The van der Waals surface area contributed by atoms with Crippen molar-refractivity contribution in [2.45, 2.75) is 387 Å². The summed E-state index contributed by atoms with van der Waals surface area (Å²) in [6.45, 7) is 7.19. The molecule has 0 bridgehead atoms. The molecule has 0 aliphatic rings. The quantitative estimate of drug-likeness (QED) is 0.0222. The first-order chi connectivity index (χ1) is 43.5. The van der Waals surface area contributed by atoms with Crippen LogP contribution in [0.2, 0.25) is 0 Å². The van der Waals surface area contributed by atoms with E-state index in [0.717, 1.165) is 102 Å². The van der Waals surface area contributed by atoms with E-state index < -0.39 is 97.5 Å². The predicted octanol–water partition coefficient (Wildman–Crippen LogP) is 20.5. The highest BCUT2D eigenvalue weighted by Crippen LogP contribution is 2.45. The second-order valence-electron chi connectivity index (χ2n) is 26.1. The molecule has 90 heavy (non-hydrogen) atoms. The number of hydrogen-bond donors (Lipinski definition) is 3. The van der Waals surface area contributed by atoms with Crippen LogP contribution in [-0.4, -0.2) is 96.7 Å². The van der Waals surface area contributed by atoms with Crippen molar-refractivity contribution < 1.29 is 80.2 Å². The molecule has 0 aromatic rings. The fourth-order valence-corrected chi connectivity index (χ4v) is 12.4. The number of unbranched alkanes of at least 4 members (excludes halogenated alkanes) is 43. The van der Waals surface area contributed by atoms with E-state index >= 15 is 0 Å². The predicted molar refractivity (Wildman–Crippen MR) is 363 cm³/mol. The lowest BCUT2D eigenvalue weighted by molar-refractivity contribution is -0.161. The van der Waals surface area contributed by atoms with Gasteiger partial charge in [-0.2, -0.15) is 0 Å². The van der Waals surface area contributed by atoms with Gasteiger partial charge in [0.1, 0.15) is 19.3 Å². The highest BCUT2D eigenvalue weighted by molar-refractivity contribution is 7.47. The molecule has 0 aliphatic heterocycles. The van der Waals surface area contributed by atoms with Gasteiger partial charge >= 0.3 is 39.5 Å². The van der Waals surface area contributed by atoms with Crippen LogP contribution in [0.15, 0.2) is 0 Å². The van der Waals surface area contributed by atoms with Crippen molar-refractivity contribution in [3.05, 3.63) is 0 Å². The molecule has 534 valence electrons. The van der Waals surface area contributed by atoms with E-state index in [9.17, 15) is 43.2 Å². The van der Waals surface area contributed by atoms with Crippen LogP contribution < -0.4 is 0 Å². The van der Waals surface area contributed by atoms with Gasteiger partial charge in [0, 0.05) is 25.7 Å². The van der Waals surface area contributed by atoms with Crippen LogP contribution in [-0.2, 0) is 65.4 Å². The van der Waals surface area contributed by atoms with E-state index in [-0.39, 0.29) is 25.7 Å². The molecule has 0 aliphatic carbocycles. The number of rotatable bonds is 71. The number of hydrogen-bond acceptors (Lipinski definition) is 15. The maximum atomic E-state index is 13.0. The minimum Gasteiger partial charge on any atom is -0.462 e. The fraction of sp³-hybridized carbons (Fsp3) is 0.944. The zero-order chi connectivity index (χ0) is 66.3. The molecule has 0 heterocycles. The van der Waals surface area contributed by atoms with Gasteiger partial charge in [-0.15, -0.1) is 0 Å². The van der Waals surface area contributed by atoms with Gasteiger partial charge in [0.2, 0.25) is 0 Å². The van der Waals surface area contributed by atoms with Crippen LogP contribution in [0, 0.1) is 5.92 Å². The highest BCUT2D eigenvalue weighted by Gasteiger charge is 2.30. The molecule has 0 fully saturated rings. The Kier molecular flexibility index (Phi) is 63.0. The summed E-state index contributed by atoms with van der Waals surface area (Å²) in [5.74, 6) is -1.32.